The molecule has 0 aromatic heterocycles. The molecule has 0 unspecified atom stereocenters. The SMILES string of the molecule is NS(=O)(=O)c1ccc(S(=O)(=O)C/C=C/CN2CCOCC2)cc1. The first-order valence-electron chi connectivity index (χ1n) is 7.10. The first kappa shape index (κ1) is 18.1. The number of primary sulfonamides is 1. The smallest absolute Gasteiger partial charge is 0.238 e. The summed E-state index contributed by atoms with van der Waals surface area (Å²) < 4.78 is 51.9. The molecule has 1 aromatic rings. The summed E-state index contributed by atoms with van der Waals surface area (Å²) in [5.74, 6) is -0.133. The number of sulfonamides is 1. The number of benzene rings is 1. The van der Waals surface area contributed by atoms with E-state index in [1.807, 2.05) is 6.08 Å². The molecule has 1 heterocycles. The molecule has 0 aliphatic carbocycles. The number of nitrogens with zero attached hydrogens (tertiary/aromatic N) is 1. The van der Waals surface area contributed by atoms with Gasteiger partial charge in [0, 0.05) is 19.6 Å². The quantitative estimate of drug-likeness (QED) is 0.716. The maximum atomic E-state index is 12.2. The predicted molar refractivity (Wildman–Crippen MR) is 86.3 cm³/mol. The van der Waals surface area contributed by atoms with Gasteiger partial charge in [-0.15, -0.1) is 0 Å². The van der Waals surface area contributed by atoms with Crippen molar-refractivity contribution in [2.24, 2.45) is 5.14 Å². The molecule has 1 aromatic carbocycles. The van der Waals surface area contributed by atoms with E-state index in [1.54, 1.807) is 6.08 Å². The molecule has 0 atom stereocenters. The zero-order valence-corrected chi connectivity index (χ0v) is 14.2. The minimum atomic E-state index is -3.82. The Morgan fingerprint density at radius 3 is 2.13 bits per heavy atom. The van der Waals surface area contributed by atoms with Crippen LogP contribution in [0, 0.1) is 0 Å². The van der Waals surface area contributed by atoms with Crippen LogP contribution in [0.5, 0.6) is 0 Å². The van der Waals surface area contributed by atoms with Crippen LogP contribution in [0.15, 0.2) is 46.2 Å². The highest BCUT2D eigenvalue weighted by atomic mass is 32.2. The second-order valence-corrected chi connectivity index (χ2v) is 8.78. The van der Waals surface area contributed by atoms with Crippen LogP contribution in [0.1, 0.15) is 0 Å². The van der Waals surface area contributed by atoms with Crippen molar-refractivity contribution in [1.29, 1.82) is 0 Å². The highest BCUT2D eigenvalue weighted by Crippen LogP contribution is 2.15. The lowest BCUT2D eigenvalue weighted by molar-refractivity contribution is 0.0434. The van der Waals surface area contributed by atoms with Crippen molar-refractivity contribution in [1.82, 2.24) is 4.90 Å². The first-order valence-corrected chi connectivity index (χ1v) is 10.3. The molecular formula is C14H20N2O5S2. The van der Waals surface area contributed by atoms with E-state index in [0.29, 0.717) is 19.8 Å². The normalized spacial score (nSPS) is 17.6. The van der Waals surface area contributed by atoms with E-state index in [0.717, 1.165) is 13.1 Å². The monoisotopic (exact) mass is 360 g/mol. The molecule has 7 nitrogen and oxygen atoms in total. The van der Waals surface area contributed by atoms with Gasteiger partial charge < -0.3 is 4.74 Å². The molecule has 1 aliphatic rings. The molecule has 1 saturated heterocycles. The van der Waals surface area contributed by atoms with E-state index in [9.17, 15) is 16.8 Å². The Bertz CT molecular complexity index is 749. The number of nitrogens with two attached hydrogens (primary N) is 1. The van der Waals surface area contributed by atoms with Crippen molar-refractivity contribution in [2.45, 2.75) is 9.79 Å². The van der Waals surface area contributed by atoms with E-state index >= 15 is 0 Å². The number of hydrogen-bond donors (Lipinski definition) is 1. The Hall–Kier alpha value is -1.26. The van der Waals surface area contributed by atoms with Gasteiger partial charge >= 0.3 is 0 Å². The molecule has 1 aliphatic heterocycles. The number of rotatable bonds is 6. The molecule has 0 bridgehead atoms. The summed E-state index contributed by atoms with van der Waals surface area (Å²) in [5.41, 5.74) is 0. The molecule has 0 radical (unpaired) electrons. The number of ether oxygens (including phenoxy) is 1. The number of sulfone groups is 1. The van der Waals surface area contributed by atoms with Gasteiger partial charge in [0.05, 0.1) is 28.8 Å². The van der Waals surface area contributed by atoms with Crippen molar-refractivity contribution >= 4 is 19.9 Å². The summed E-state index contributed by atoms with van der Waals surface area (Å²) in [7, 11) is -7.31. The fourth-order valence-electron chi connectivity index (χ4n) is 2.13. The molecule has 2 rings (SSSR count). The average molecular weight is 360 g/mol. The van der Waals surface area contributed by atoms with Gasteiger partial charge in [-0.2, -0.15) is 0 Å². The number of morpholine rings is 1. The van der Waals surface area contributed by atoms with Crippen LogP contribution in [-0.4, -0.2) is 60.3 Å². The summed E-state index contributed by atoms with van der Waals surface area (Å²) in [6.07, 6.45) is 3.43. The molecule has 0 saturated carbocycles. The van der Waals surface area contributed by atoms with Gasteiger partial charge in [-0.3, -0.25) is 4.90 Å². The summed E-state index contributed by atoms with van der Waals surface area (Å²) >= 11 is 0. The zero-order valence-electron chi connectivity index (χ0n) is 12.6. The van der Waals surface area contributed by atoms with Crippen LogP contribution in [-0.2, 0) is 24.6 Å². The van der Waals surface area contributed by atoms with E-state index < -0.39 is 19.9 Å². The largest absolute Gasteiger partial charge is 0.379 e. The minimum absolute atomic E-state index is 0.0703. The lowest BCUT2D eigenvalue weighted by atomic mass is 10.4. The fourth-order valence-corrected chi connectivity index (χ4v) is 3.78. The Morgan fingerprint density at radius 2 is 1.57 bits per heavy atom. The van der Waals surface area contributed by atoms with E-state index in [-0.39, 0.29) is 15.5 Å². The van der Waals surface area contributed by atoms with Crippen LogP contribution < -0.4 is 5.14 Å². The lowest BCUT2D eigenvalue weighted by Crippen LogP contribution is -2.36. The van der Waals surface area contributed by atoms with Crippen molar-refractivity contribution in [3.05, 3.63) is 36.4 Å². The number of hydrogen-bond acceptors (Lipinski definition) is 6. The summed E-state index contributed by atoms with van der Waals surface area (Å²) in [6, 6.07) is 4.90. The molecule has 9 heteroatoms. The Balaban J connectivity index is 1.95. The van der Waals surface area contributed by atoms with Gasteiger partial charge in [-0.05, 0) is 24.3 Å². The van der Waals surface area contributed by atoms with Gasteiger partial charge in [0.1, 0.15) is 0 Å². The van der Waals surface area contributed by atoms with E-state index in [1.165, 1.54) is 24.3 Å². The Labute approximate surface area is 136 Å². The molecule has 1 fully saturated rings. The van der Waals surface area contributed by atoms with Gasteiger partial charge in [0.2, 0.25) is 10.0 Å². The second-order valence-electron chi connectivity index (χ2n) is 5.18. The standard InChI is InChI=1S/C14H20N2O5S2/c15-23(19,20)14-5-3-13(4-6-14)22(17,18)12-2-1-7-16-8-10-21-11-9-16/h1-6H,7-12H2,(H2,15,19,20)/b2-1+. The minimum Gasteiger partial charge on any atom is -0.379 e. The maximum Gasteiger partial charge on any atom is 0.238 e. The zero-order chi connectivity index (χ0) is 16.9. The molecule has 0 spiro atoms. The van der Waals surface area contributed by atoms with E-state index in [2.05, 4.69) is 4.90 Å². The third kappa shape index (κ3) is 5.40. The Morgan fingerprint density at radius 1 is 1.00 bits per heavy atom. The second kappa shape index (κ2) is 7.54. The fraction of sp³-hybridized carbons (Fsp3) is 0.429. The van der Waals surface area contributed by atoms with E-state index in [4.69, 9.17) is 9.88 Å². The molecule has 2 N–H and O–H groups in total. The summed E-state index contributed by atoms with van der Waals surface area (Å²) in [6.45, 7) is 3.76. The van der Waals surface area contributed by atoms with Crippen LogP contribution in [0.3, 0.4) is 0 Å². The predicted octanol–water partition coefficient (Wildman–Crippen LogP) is -0.00390. The van der Waals surface area contributed by atoms with Crippen molar-refractivity contribution in [3.63, 3.8) is 0 Å². The molecule has 128 valence electrons. The molecule has 23 heavy (non-hydrogen) atoms. The topological polar surface area (TPSA) is 107 Å². The first-order chi connectivity index (χ1) is 10.8. The van der Waals surface area contributed by atoms with Crippen LogP contribution in [0.25, 0.3) is 0 Å². The van der Waals surface area contributed by atoms with Gasteiger partial charge in [0.15, 0.2) is 9.84 Å². The van der Waals surface area contributed by atoms with Crippen molar-refractivity contribution < 1.29 is 21.6 Å². The summed E-state index contributed by atoms with van der Waals surface area (Å²) in [4.78, 5) is 2.13. The lowest BCUT2D eigenvalue weighted by Gasteiger charge is -2.25. The summed E-state index contributed by atoms with van der Waals surface area (Å²) in [5, 5.41) is 4.98. The van der Waals surface area contributed by atoms with Crippen molar-refractivity contribution in [3.8, 4) is 0 Å². The van der Waals surface area contributed by atoms with Gasteiger partial charge in [-0.1, -0.05) is 12.2 Å². The third-order valence-electron chi connectivity index (χ3n) is 3.46. The third-order valence-corrected chi connectivity index (χ3v) is 6.01. The van der Waals surface area contributed by atoms with Crippen molar-refractivity contribution in [2.75, 3.05) is 38.6 Å². The van der Waals surface area contributed by atoms with Crippen LogP contribution >= 0.6 is 0 Å². The molecular weight excluding hydrogens is 340 g/mol. The average Bonchev–Trinajstić information content (AvgIpc) is 2.52. The van der Waals surface area contributed by atoms with Crippen LogP contribution in [0.2, 0.25) is 0 Å². The Kier molecular flexibility index (Phi) is 5.93. The van der Waals surface area contributed by atoms with Gasteiger partial charge in [-0.25, -0.2) is 22.0 Å². The highest BCUT2D eigenvalue weighted by molar-refractivity contribution is 7.91. The van der Waals surface area contributed by atoms with Crippen LogP contribution in [0.4, 0.5) is 0 Å². The molecule has 0 amide bonds. The highest BCUT2D eigenvalue weighted by Gasteiger charge is 2.15. The maximum absolute atomic E-state index is 12.2. The van der Waals surface area contributed by atoms with Gasteiger partial charge in [0.25, 0.3) is 0 Å².